The van der Waals surface area contributed by atoms with Crippen LogP contribution >= 0.6 is 0 Å². The van der Waals surface area contributed by atoms with Crippen molar-refractivity contribution in [1.82, 2.24) is 10.3 Å². The molecule has 0 aliphatic rings. The number of methoxy groups -OCH3 is 1. The quantitative estimate of drug-likeness (QED) is 0.827. The molecular formula is C18H19F2N3O3. The molecule has 0 spiro atoms. The number of hydrogen-bond donors (Lipinski definition) is 2. The van der Waals surface area contributed by atoms with Gasteiger partial charge < -0.3 is 15.4 Å². The topological polar surface area (TPSA) is 80.3 Å². The van der Waals surface area contributed by atoms with Gasteiger partial charge in [0.25, 0.3) is 5.91 Å². The summed E-state index contributed by atoms with van der Waals surface area (Å²) in [4.78, 5) is 28.7. The molecule has 0 aliphatic heterocycles. The number of aromatic nitrogens is 1. The van der Waals surface area contributed by atoms with E-state index in [1.165, 1.54) is 13.3 Å². The third-order valence-electron chi connectivity index (χ3n) is 3.64. The van der Waals surface area contributed by atoms with Crippen molar-refractivity contribution in [1.29, 1.82) is 0 Å². The monoisotopic (exact) mass is 363 g/mol. The number of amides is 2. The van der Waals surface area contributed by atoms with Gasteiger partial charge in [-0.1, -0.05) is 19.9 Å². The minimum atomic E-state index is -0.998. The molecule has 0 saturated carbocycles. The highest BCUT2D eigenvalue weighted by Crippen LogP contribution is 2.15. The molecule has 6 nitrogen and oxygen atoms in total. The van der Waals surface area contributed by atoms with Gasteiger partial charge in [0, 0.05) is 6.07 Å². The lowest BCUT2D eigenvalue weighted by atomic mass is 10.0. The number of nitrogens with one attached hydrogen (secondary N) is 2. The van der Waals surface area contributed by atoms with E-state index in [0.717, 1.165) is 18.2 Å². The minimum absolute atomic E-state index is 0.319. The van der Waals surface area contributed by atoms with E-state index in [4.69, 9.17) is 4.74 Å². The molecule has 2 N–H and O–H groups in total. The summed E-state index contributed by atoms with van der Waals surface area (Å²) in [5.74, 6) is -3.46. The molecule has 0 aliphatic carbocycles. The van der Waals surface area contributed by atoms with E-state index < -0.39 is 35.1 Å². The van der Waals surface area contributed by atoms with E-state index in [-0.39, 0.29) is 5.92 Å². The normalized spacial score (nSPS) is 11.8. The zero-order chi connectivity index (χ0) is 19.3. The molecule has 138 valence electrons. The van der Waals surface area contributed by atoms with Crippen molar-refractivity contribution in [2.45, 2.75) is 19.9 Å². The Bertz CT molecular complexity index is 775. The van der Waals surface area contributed by atoms with Gasteiger partial charge in [-0.3, -0.25) is 9.59 Å². The molecule has 26 heavy (non-hydrogen) atoms. The Hall–Kier alpha value is -3.03. The maximum absolute atomic E-state index is 13.8. The Morgan fingerprint density at radius 1 is 1.12 bits per heavy atom. The SMILES string of the molecule is COc1ccc(NC(=O)C(NC(=O)c2c(F)cccc2F)C(C)C)cn1. The molecule has 1 heterocycles. The van der Waals surface area contributed by atoms with E-state index >= 15 is 0 Å². The fourth-order valence-corrected chi connectivity index (χ4v) is 2.26. The maximum Gasteiger partial charge on any atom is 0.257 e. The lowest BCUT2D eigenvalue weighted by Gasteiger charge is -2.22. The van der Waals surface area contributed by atoms with Crippen molar-refractivity contribution in [3.8, 4) is 5.88 Å². The first-order chi connectivity index (χ1) is 12.3. The van der Waals surface area contributed by atoms with Gasteiger partial charge in [-0.25, -0.2) is 13.8 Å². The molecule has 0 radical (unpaired) electrons. The predicted octanol–water partition coefficient (Wildman–Crippen LogP) is 2.76. The van der Waals surface area contributed by atoms with Crippen LogP contribution < -0.4 is 15.4 Å². The maximum atomic E-state index is 13.8. The second kappa shape index (κ2) is 8.37. The Kier molecular flexibility index (Phi) is 6.21. The van der Waals surface area contributed by atoms with Crippen LogP contribution in [0.1, 0.15) is 24.2 Å². The predicted molar refractivity (Wildman–Crippen MR) is 91.9 cm³/mol. The third kappa shape index (κ3) is 4.53. The van der Waals surface area contributed by atoms with E-state index in [2.05, 4.69) is 15.6 Å². The molecule has 1 atom stereocenters. The van der Waals surface area contributed by atoms with Crippen LogP contribution in [0.25, 0.3) is 0 Å². The van der Waals surface area contributed by atoms with Crippen LogP contribution in [0.2, 0.25) is 0 Å². The van der Waals surface area contributed by atoms with Gasteiger partial charge >= 0.3 is 0 Å². The minimum Gasteiger partial charge on any atom is -0.481 e. The highest BCUT2D eigenvalue weighted by Gasteiger charge is 2.27. The highest BCUT2D eigenvalue weighted by molar-refractivity contribution is 6.01. The Labute approximate surface area is 149 Å². The lowest BCUT2D eigenvalue weighted by Crippen LogP contribution is -2.47. The van der Waals surface area contributed by atoms with E-state index in [0.29, 0.717) is 11.6 Å². The molecule has 1 aromatic carbocycles. The number of halogens is 2. The van der Waals surface area contributed by atoms with E-state index in [1.807, 2.05) is 0 Å². The van der Waals surface area contributed by atoms with Crippen LogP contribution in [0, 0.1) is 17.6 Å². The van der Waals surface area contributed by atoms with Crippen molar-refractivity contribution < 1.29 is 23.1 Å². The zero-order valence-electron chi connectivity index (χ0n) is 14.5. The highest BCUT2D eigenvalue weighted by atomic mass is 19.1. The van der Waals surface area contributed by atoms with Crippen LogP contribution in [0.5, 0.6) is 5.88 Å². The van der Waals surface area contributed by atoms with Crippen molar-refractivity contribution >= 4 is 17.5 Å². The largest absolute Gasteiger partial charge is 0.481 e. The van der Waals surface area contributed by atoms with Gasteiger partial charge in [-0.15, -0.1) is 0 Å². The summed E-state index contributed by atoms with van der Waals surface area (Å²) in [5.41, 5.74) is -0.329. The lowest BCUT2D eigenvalue weighted by molar-refractivity contribution is -0.118. The third-order valence-corrected chi connectivity index (χ3v) is 3.64. The van der Waals surface area contributed by atoms with Crippen LogP contribution in [0.4, 0.5) is 14.5 Å². The molecule has 2 rings (SSSR count). The van der Waals surface area contributed by atoms with Gasteiger partial charge in [0.05, 0.1) is 19.0 Å². The molecule has 8 heteroatoms. The van der Waals surface area contributed by atoms with Gasteiger partial charge in [-0.05, 0) is 24.1 Å². The second-order valence-corrected chi connectivity index (χ2v) is 5.87. The average molecular weight is 363 g/mol. The Morgan fingerprint density at radius 3 is 2.27 bits per heavy atom. The van der Waals surface area contributed by atoms with Crippen LogP contribution in [-0.4, -0.2) is 29.9 Å². The number of rotatable bonds is 6. The summed E-state index contributed by atoms with van der Waals surface area (Å²) >= 11 is 0. The smallest absolute Gasteiger partial charge is 0.257 e. The van der Waals surface area contributed by atoms with E-state index in [9.17, 15) is 18.4 Å². The number of carbonyl (C=O) groups excluding carboxylic acids is 2. The first kappa shape index (κ1) is 19.3. The zero-order valence-corrected chi connectivity index (χ0v) is 14.5. The van der Waals surface area contributed by atoms with E-state index in [1.54, 1.807) is 26.0 Å². The summed E-state index contributed by atoms with van der Waals surface area (Å²) in [6.07, 6.45) is 1.40. The summed E-state index contributed by atoms with van der Waals surface area (Å²) in [5, 5.41) is 4.98. The molecule has 2 amide bonds. The van der Waals surface area contributed by atoms with Crippen LogP contribution in [0.15, 0.2) is 36.5 Å². The number of anilines is 1. The first-order valence-electron chi connectivity index (χ1n) is 7.89. The average Bonchev–Trinajstić information content (AvgIpc) is 2.59. The van der Waals surface area contributed by atoms with Crippen LogP contribution in [-0.2, 0) is 4.79 Å². The summed E-state index contributed by atoms with van der Waals surface area (Å²) in [6.45, 7) is 3.41. The first-order valence-corrected chi connectivity index (χ1v) is 7.89. The Balaban J connectivity index is 2.14. The van der Waals surface area contributed by atoms with Crippen LogP contribution in [0.3, 0.4) is 0 Å². The fraction of sp³-hybridized carbons (Fsp3) is 0.278. The summed E-state index contributed by atoms with van der Waals surface area (Å²) < 4.78 is 32.4. The fourth-order valence-electron chi connectivity index (χ4n) is 2.26. The molecule has 2 aromatic rings. The number of pyridine rings is 1. The van der Waals surface area contributed by atoms with Crippen molar-refractivity contribution in [3.63, 3.8) is 0 Å². The standard InChI is InChI=1S/C18H19F2N3O3/c1-10(2)16(18(25)22-11-7-8-14(26-3)21-9-11)23-17(24)15-12(19)5-4-6-13(15)20/h4-10,16H,1-3H3,(H,22,25)(H,23,24). The number of hydrogen-bond acceptors (Lipinski definition) is 4. The van der Waals surface area contributed by atoms with Crippen molar-refractivity contribution in [2.75, 3.05) is 12.4 Å². The summed E-state index contributed by atoms with van der Waals surface area (Å²) in [7, 11) is 1.47. The van der Waals surface area contributed by atoms with Gasteiger partial charge in [-0.2, -0.15) is 0 Å². The van der Waals surface area contributed by atoms with Gasteiger partial charge in [0.2, 0.25) is 11.8 Å². The molecule has 0 bridgehead atoms. The Morgan fingerprint density at radius 2 is 1.77 bits per heavy atom. The van der Waals surface area contributed by atoms with Gasteiger partial charge in [0.1, 0.15) is 23.2 Å². The molecule has 1 aromatic heterocycles. The molecular weight excluding hydrogens is 344 g/mol. The van der Waals surface area contributed by atoms with Crippen molar-refractivity contribution in [2.24, 2.45) is 5.92 Å². The van der Waals surface area contributed by atoms with Gasteiger partial charge in [0.15, 0.2) is 0 Å². The number of carbonyl (C=O) groups is 2. The van der Waals surface area contributed by atoms with Crippen molar-refractivity contribution in [3.05, 3.63) is 53.7 Å². The molecule has 0 saturated heterocycles. The number of ether oxygens (including phenoxy) is 1. The number of benzene rings is 1. The number of nitrogens with zero attached hydrogens (tertiary/aromatic N) is 1. The molecule has 0 fully saturated rings. The summed E-state index contributed by atoms with van der Waals surface area (Å²) in [6, 6.07) is 5.26. The molecule has 1 unspecified atom stereocenters. The second-order valence-electron chi connectivity index (χ2n) is 5.87.